The molecule has 1 aromatic carbocycles. The van der Waals surface area contributed by atoms with Crippen molar-refractivity contribution in [2.24, 2.45) is 5.73 Å². The molecule has 1 aliphatic rings. The summed E-state index contributed by atoms with van der Waals surface area (Å²) >= 11 is 0. The van der Waals surface area contributed by atoms with Crippen molar-refractivity contribution in [3.05, 3.63) is 29.8 Å². The number of nitrogens with zero attached hydrogens (tertiary/aromatic N) is 1. The van der Waals surface area contributed by atoms with Crippen LogP contribution in [0.25, 0.3) is 0 Å². The van der Waals surface area contributed by atoms with Crippen LogP contribution in [-0.2, 0) is 0 Å². The molecule has 0 bridgehead atoms. The molecule has 20 heavy (non-hydrogen) atoms. The van der Waals surface area contributed by atoms with Crippen molar-refractivity contribution in [1.29, 1.82) is 0 Å². The molecule has 2 unspecified atom stereocenters. The second-order valence-electron chi connectivity index (χ2n) is 5.61. The molecular weight excluding hydrogens is 248 g/mol. The number of rotatable bonds is 7. The quantitative estimate of drug-likeness (QED) is 0.830. The minimum atomic E-state index is 0.327. The van der Waals surface area contributed by atoms with Gasteiger partial charge >= 0.3 is 0 Å². The zero-order valence-electron chi connectivity index (χ0n) is 12.8. The van der Waals surface area contributed by atoms with Gasteiger partial charge in [-0.05, 0) is 49.9 Å². The first-order valence-electron chi connectivity index (χ1n) is 7.98. The topological polar surface area (TPSA) is 38.5 Å². The number of benzene rings is 1. The van der Waals surface area contributed by atoms with E-state index in [0.29, 0.717) is 18.6 Å². The van der Waals surface area contributed by atoms with Gasteiger partial charge in [0.05, 0.1) is 6.61 Å². The van der Waals surface area contributed by atoms with Crippen LogP contribution in [0, 0.1) is 0 Å². The monoisotopic (exact) mass is 276 g/mol. The van der Waals surface area contributed by atoms with Gasteiger partial charge in [-0.15, -0.1) is 0 Å². The van der Waals surface area contributed by atoms with Crippen LogP contribution in [0.15, 0.2) is 24.3 Å². The summed E-state index contributed by atoms with van der Waals surface area (Å²) in [5, 5.41) is 0. The Labute approximate surface area is 123 Å². The lowest BCUT2D eigenvalue weighted by Crippen LogP contribution is -2.37. The Morgan fingerprint density at radius 3 is 2.95 bits per heavy atom. The van der Waals surface area contributed by atoms with Gasteiger partial charge < -0.3 is 10.5 Å². The lowest BCUT2D eigenvalue weighted by atomic mass is 10.0. The molecule has 112 valence electrons. The fourth-order valence-corrected chi connectivity index (χ4v) is 3.20. The van der Waals surface area contributed by atoms with Gasteiger partial charge in [-0.2, -0.15) is 0 Å². The predicted molar refractivity (Wildman–Crippen MR) is 84.0 cm³/mol. The lowest BCUT2D eigenvalue weighted by molar-refractivity contribution is 0.180. The van der Waals surface area contributed by atoms with E-state index in [1.807, 2.05) is 6.07 Å². The third-order valence-electron chi connectivity index (χ3n) is 4.23. The fourth-order valence-electron chi connectivity index (χ4n) is 3.20. The number of likely N-dealkylation sites (tertiary alicyclic amines) is 1. The minimum Gasteiger partial charge on any atom is -0.494 e. The molecule has 0 saturated carbocycles. The summed E-state index contributed by atoms with van der Waals surface area (Å²) in [5.74, 6) is 0.968. The number of hydrogen-bond acceptors (Lipinski definition) is 3. The molecule has 2 N–H and O–H groups in total. The number of nitrogens with two attached hydrogens (primary N) is 1. The average molecular weight is 276 g/mol. The van der Waals surface area contributed by atoms with Crippen LogP contribution in [0.1, 0.15) is 51.1 Å². The number of hydrogen-bond donors (Lipinski definition) is 1. The Hall–Kier alpha value is -1.06. The molecular formula is C17H28N2O. The van der Waals surface area contributed by atoms with E-state index in [2.05, 4.69) is 36.9 Å². The van der Waals surface area contributed by atoms with E-state index in [0.717, 1.165) is 18.8 Å². The Bertz CT molecular complexity index is 408. The van der Waals surface area contributed by atoms with E-state index >= 15 is 0 Å². The Kier molecular flexibility index (Phi) is 5.86. The van der Waals surface area contributed by atoms with E-state index in [4.69, 9.17) is 10.5 Å². The summed E-state index contributed by atoms with van der Waals surface area (Å²) < 4.78 is 5.75. The zero-order valence-corrected chi connectivity index (χ0v) is 12.8. The third kappa shape index (κ3) is 3.53. The standard InChI is InChI=1S/C17H28N2O/c1-3-11-20-16-9-5-7-14(12-16)17(13-18)19-10-6-8-15(19)4-2/h5,7,9,12,15,17H,3-4,6,8,10-11,13,18H2,1-2H3. The molecule has 1 saturated heterocycles. The maximum Gasteiger partial charge on any atom is 0.119 e. The van der Waals surface area contributed by atoms with Crippen molar-refractivity contribution in [3.8, 4) is 5.75 Å². The second kappa shape index (κ2) is 7.65. The largest absolute Gasteiger partial charge is 0.494 e. The van der Waals surface area contributed by atoms with E-state index in [-0.39, 0.29) is 0 Å². The van der Waals surface area contributed by atoms with Crippen molar-refractivity contribution < 1.29 is 4.74 Å². The van der Waals surface area contributed by atoms with Gasteiger partial charge in [0.25, 0.3) is 0 Å². The molecule has 3 heteroatoms. The lowest BCUT2D eigenvalue weighted by Gasteiger charge is -2.32. The summed E-state index contributed by atoms with van der Waals surface area (Å²) in [4.78, 5) is 2.58. The van der Waals surface area contributed by atoms with Crippen molar-refractivity contribution in [3.63, 3.8) is 0 Å². The Balaban J connectivity index is 2.14. The molecule has 2 rings (SSSR count). The Morgan fingerprint density at radius 2 is 2.25 bits per heavy atom. The summed E-state index contributed by atoms with van der Waals surface area (Å²) in [6.45, 7) is 7.02. The molecule has 1 heterocycles. The van der Waals surface area contributed by atoms with Gasteiger partial charge in [-0.1, -0.05) is 26.0 Å². The van der Waals surface area contributed by atoms with Crippen molar-refractivity contribution in [1.82, 2.24) is 4.90 Å². The van der Waals surface area contributed by atoms with Crippen LogP contribution < -0.4 is 10.5 Å². The van der Waals surface area contributed by atoms with Crippen molar-refractivity contribution >= 4 is 0 Å². The van der Waals surface area contributed by atoms with E-state index in [9.17, 15) is 0 Å². The highest BCUT2D eigenvalue weighted by atomic mass is 16.5. The molecule has 2 atom stereocenters. The predicted octanol–water partition coefficient (Wildman–Crippen LogP) is 3.35. The highest BCUT2D eigenvalue weighted by molar-refractivity contribution is 5.31. The maximum atomic E-state index is 6.07. The summed E-state index contributed by atoms with van der Waals surface area (Å²) in [7, 11) is 0. The van der Waals surface area contributed by atoms with Crippen LogP contribution in [0.5, 0.6) is 5.75 Å². The van der Waals surface area contributed by atoms with E-state index in [1.54, 1.807) is 0 Å². The highest BCUT2D eigenvalue weighted by Crippen LogP contribution is 2.31. The van der Waals surface area contributed by atoms with Gasteiger partial charge in [-0.3, -0.25) is 4.90 Å². The van der Waals surface area contributed by atoms with Gasteiger partial charge in [0.1, 0.15) is 5.75 Å². The minimum absolute atomic E-state index is 0.327. The summed E-state index contributed by atoms with van der Waals surface area (Å²) in [5.41, 5.74) is 7.36. The van der Waals surface area contributed by atoms with E-state index in [1.165, 1.54) is 31.4 Å². The highest BCUT2D eigenvalue weighted by Gasteiger charge is 2.29. The van der Waals surface area contributed by atoms with Gasteiger partial charge in [0.2, 0.25) is 0 Å². The molecule has 0 aromatic heterocycles. The van der Waals surface area contributed by atoms with Crippen LogP contribution in [0.4, 0.5) is 0 Å². The summed E-state index contributed by atoms with van der Waals surface area (Å²) in [6, 6.07) is 9.48. The molecule has 1 fully saturated rings. The second-order valence-corrected chi connectivity index (χ2v) is 5.61. The molecule has 1 aromatic rings. The third-order valence-corrected chi connectivity index (χ3v) is 4.23. The molecule has 0 aliphatic carbocycles. The molecule has 0 spiro atoms. The van der Waals surface area contributed by atoms with Gasteiger partial charge in [0.15, 0.2) is 0 Å². The fraction of sp³-hybridized carbons (Fsp3) is 0.647. The first-order chi connectivity index (χ1) is 9.80. The van der Waals surface area contributed by atoms with Crippen LogP contribution in [0.3, 0.4) is 0 Å². The first kappa shape index (κ1) is 15.3. The van der Waals surface area contributed by atoms with Crippen LogP contribution >= 0.6 is 0 Å². The molecule has 0 radical (unpaired) electrons. The SMILES string of the molecule is CCCOc1cccc(C(CN)N2CCCC2CC)c1. The average Bonchev–Trinajstić information content (AvgIpc) is 2.95. The van der Waals surface area contributed by atoms with Gasteiger partial charge in [-0.25, -0.2) is 0 Å². The maximum absolute atomic E-state index is 6.07. The molecule has 1 aliphatic heterocycles. The summed E-state index contributed by atoms with van der Waals surface area (Å²) in [6.07, 6.45) is 4.84. The number of ether oxygens (including phenoxy) is 1. The van der Waals surface area contributed by atoms with Crippen LogP contribution in [0.2, 0.25) is 0 Å². The molecule has 3 nitrogen and oxygen atoms in total. The van der Waals surface area contributed by atoms with E-state index < -0.39 is 0 Å². The normalized spacial score (nSPS) is 21.1. The first-order valence-corrected chi connectivity index (χ1v) is 7.98. The smallest absolute Gasteiger partial charge is 0.119 e. The zero-order chi connectivity index (χ0) is 14.4. The van der Waals surface area contributed by atoms with Gasteiger partial charge in [0, 0.05) is 18.6 Å². The Morgan fingerprint density at radius 1 is 1.40 bits per heavy atom. The van der Waals surface area contributed by atoms with Crippen LogP contribution in [-0.4, -0.2) is 30.6 Å². The molecule has 0 amide bonds. The van der Waals surface area contributed by atoms with Crippen molar-refractivity contribution in [2.45, 2.75) is 51.6 Å². The van der Waals surface area contributed by atoms with Crippen molar-refractivity contribution in [2.75, 3.05) is 19.7 Å².